The molecular weight excluding hydrogens is 402 g/mol. The fourth-order valence-electron chi connectivity index (χ4n) is 1.62. The first-order valence-electron chi connectivity index (χ1n) is 6.08. The summed E-state index contributed by atoms with van der Waals surface area (Å²) in [7, 11) is 0. The second-order valence-corrected chi connectivity index (χ2v) is 6.98. The lowest BCUT2D eigenvalue weighted by Gasteiger charge is -2.07. The van der Waals surface area contributed by atoms with Crippen molar-refractivity contribution < 1.29 is 4.79 Å². The first-order valence-corrected chi connectivity index (χ1v) is 8.65. The van der Waals surface area contributed by atoms with E-state index < -0.39 is 0 Å². The van der Waals surface area contributed by atoms with Crippen LogP contribution in [0, 0.1) is 0 Å². The predicted octanol–water partition coefficient (Wildman–Crippen LogP) is 4.73. The average Bonchev–Trinajstić information content (AvgIpc) is 2.44. The van der Waals surface area contributed by atoms with E-state index in [0.29, 0.717) is 12.1 Å². The number of hydrogen-bond donors (Lipinski definition) is 1. The van der Waals surface area contributed by atoms with Crippen LogP contribution < -0.4 is 5.32 Å². The van der Waals surface area contributed by atoms with Gasteiger partial charge >= 0.3 is 0 Å². The molecule has 1 N–H and O–H groups in total. The molecule has 2 aromatic carbocycles. The largest absolute Gasteiger partial charge is 0.351 e. The van der Waals surface area contributed by atoms with Gasteiger partial charge in [-0.25, -0.2) is 0 Å². The maximum atomic E-state index is 12.0. The summed E-state index contributed by atoms with van der Waals surface area (Å²) < 4.78 is 1.74. The molecule has 0 spiro atoms. The number of carbonyl (C=O) groups excluding carboxylic acids is 1. The van der Waals surface area contributed by atoms with Crippen molar-refractivity contribution in [1.29, 1.82) is 0 Å². The van der Waals surface area contributed by atoms with Gasteiger partial charge in [-0.2, -0.15) is 0 Å². The molecule has 0 aromatic heterocycles. The van der Waals surface area contributed by atoms with Crippen molar-refractivity contribution in [3.63, 3.8) is 0 Å². The second-order valence-electron chi connectivity index (χ2n) is 4.04. The molecule has 5 heteroatoms. The Labute approximate surface area is 139 Å². The smallest absolute Gasteiger partial charge is 0.252 e. The maximum absolute atomic E-state index is 12.0. The third-order valence-electron chi connectivity index (χ3n) is 2.58. The molecule has 0 heterocycles. The molecule has 0 saturated carbocycles. The zero-order valence-corrected chi connectivity index (χ0v) is 14.6. The van der Waals surface area contributed by atoms with Crippen molar-refractivity contribution in [2.45, 2.75) is 4.90 Å². The number of benzene rings is 2. The van der Waals surface area contributed by atoms with Crippen LogP contribution in [0.5, 0.6) is 0 Å². The summed E-state index contributed by atoms with van der Waals surface area (Å²) in [5.74, 6) is 0.794. The normalized spacial score (nSPS) is 10.3. The first-order chi connectivity index (χ1) is 9.66. The third kappa shape index (κ3) is 4.65. The summed E-state index contributed by atoms with van der Waals surface area (Å²) in [6.45, 7) is 0.640. The van der Waals surface area contributed by atoms with Crippen molar-refractivity contribution in [3.05, 3.63) is 63.0 Å². The number of thioether (sulfide) groups is 1. The van der Waals surface area contributed by atoms with E-state index in [2.05, 4.69) is 49.3 Å². The lowest BCUT2D eigenvalue weighted by molar-refractivity contribution is 0.0955. The fourth-order valence-corrected chi connectivity index (χ4v) is 3.64. The Balaban J connectivity index is 1.80. The van der Waals surface area contributed by atoms with Crippen LogP contribution in [0.3, 0.4) is 0 Å². The predicted molar refractivity (Wildman–Crippen MR) is 91.3 cm³/mol. The topological polar surface area (TPSA) is 29.1 Å². The van der Waals surface area contributed by atoms with E-state index in [4.69, 9.17) is 0 Å². The highest BCUT2D eigenvalue weighted by Gasteiger charge is 2.09. The number of hydrogen-bond acceptors (Lipinski definition) is 2. The van der Waals surface area contributed by atoms with Gasteiger partial charge in [-0.3, -0.25) is 4.79 Å². The van der Waals surface area contributed by atoms with Gasteiger partial charge in [-0.1, -0.05) is 34.1 Å². The van der Waals surface area contributed by atoms with Gasteiger partial charge in [0.2, 0.25) is 0 Å². The second kappa shape index (κ2) is 7.86. The molecule has 2 nitrogen and oxygen atoms in total. The van der Waals surface area contributed by atoms with Gasteiger partial charge in [0.15, 0.2) is 0 Å². The van der Waals surface area contributed by atoms with Crippen LogP contribution >= 0.6 is 43.6 Å². The van der Waals surface area contributed by atoms with Crippen LogP contribution in [-0.4, -0.2) is 18.2 Å². The van der Waals surface area contributed by atoms with Crippen LogP contribution in [0.4, 0.5) is 0 Å². The van der Waals surface area contributed by atoms with Gasteiger partial charge in [-0.15, -0.1) is 11.8 Å². The molecule has 0 saturated heterocycles. The standard InChI is InChI=1S/C15H13Br2NOS/c16-11-6-7-13(14(17)10-11)15(19)18-8-9-20-12-4-2-1-3-5-12/h1-7,10H,8-9H2,(H,18,19). The van der Waals surface area contributed by atoms with E-state index in [1.807, 2.05) is 30.3 Å². The molecule has 0 radical (unpaired) electrons. The van der Waals surface area contributed by atoms with Gasteiger partial charge in [-0.05, 0) is 46.3 Å². The van der Waals surface area contributed by atoms with Crippen molar-refractivity contribution in [1.82, 2.24) is 5.32 Å². The number of amides is 1. The number of carbonyl (C=O) groups is 1. The van der Waals surface area contributed by atoms with Crippen molar-refractivity contribution in [2.75, 3.05) is 12.3 Å². The van der Waals surface area contributed by atoms with Crippen LogP contribution in [0.25, 0.3) is 0 Å². The molecule has 104 valence electrons. The van der Waals surface area contributed by atoms with E-state index >= 15 is 0 Å². The van der Waals surface area contributed by atoms with Gasteiger partial charge < -0.3 is 5.32 Å². The van der Waals surface area contributed by atoms with E-state index in [9.17, 15) is 4.79 Å². The molecule has 0 fully saturated rings. The Morgan fingerprint density at radius 2 is 1.85 bits per heavy atom. The highest BCUT2D eigenvalue weighted by Crippen LogP contribution is 2.22. The maximum Gasteiger partial charge on any atom is 0.252 e. The van der Waals surface area contributed by atoms with E-state index in [-0.39, 0.29) is 5.91 Å². The zero-order valence-electron chi connectivity index (χ0n) is 10.6. The summed E-state index contributed by atoms with van der Waals surface area (Å²) in [5, 5.41) is 2.92. The van der Waals surface area contributed by atoms with Crippen molar-refractivity contribution in [3.8, 4) is 0 Å². The molecule has 0 unspecified atom stereocenters. The quantitative estimate of drug-likeness (QED) is 0.565. The van der Waals surface area contributed by atoms with Crippen LogP contribution in [0.15, 0.2) is 62.4 Å². The lowest BCUT2D eigenvalue weighted by atomic mass is 10.2. The molecule has 20 heavy (non-hydrogen) atoms. The molecule has 0 aliphatic carbocycles. The summed E-state index contributed by atoms with van der Waals surface area (Å²) in [4.78, 5) is 13.2. The van der Waals surface area contributed by atoms with Gasteiger partial charge in [0.05, 0.1) is 5.56 Å². The van der Waals surface area contributed by atoms with Gasteiger partial charge in [0.25, 0.3) is 5.91 Å². The van der Waals surface area contributed by atoms with Crippen LogP contribution in [0.1, 0.15) is 10.4 Å². The Bertz CT molecular complexity index is 590. The summed E-state index contributed by atoms with van der Waals surface area (Å²) >= 11 is 8.50. The molecular formula is C15H13Br2NOS. The summed E-state index contributed by atoms with van der Waals surface area (Å²) in [6.07, 6.45) is 0. The highest BCUT2D eigenvalue weighted by molar-refractivity contribution is 9.11. The summed E-state index contributed by atoms with van der Waals surface area (Å²) in [5.41, 5.74) is 0.651. The monoisotopic (exact) mass is 413 g/mol. The first kappa shape index (κ1) is 15.6. The number of rotatable bonds is 5. The number of halogens is 2. The molecule has 0 bridgehead atoms. The summed E-state index contributed by atoms with van der Waals surface area (Å²) in [6, 6.07) is 15.7. The Morgan fingerprint density at radius 1 is 1.10 bits per heavy atom. The highest BCUT2D eigenvalue weighted by atomic mass is 79.9. The zero-order chi connectivity index (χ0) is 14.4. The Hall–Kier alpha value is -0.780. The average molecular weight is 415 g/mol. The minimum absolute atomic E-state index is 0.0574. The molecule has 0 aliphatic rings. The van der Waals surface area contributed by atoms with Crippen LogP contribution in [-0.2, 0) is 0 Å². The van der Waals surface area contributed by atoms with Crippen molar-refractivity contribution in [2.24, 2.45) is 0 Å². The minimum atomic E-state index is -0.0574. The third-order valence-corrected chi connectivity index (χ3v) is 4.74. The molecule has 2 aromatic rings. The fraction of sp³-hybridized carbons (Fsp3) is 0.133. The van der Waals surface area contributed by atoms with Gasteiger partial charge in [0.1, 0.15) is 0 Å². The van der Waals surface area contributed by atoms with E-state index in [1.165, 1.54) is 4.90 Å². The lowest BCUT2D eigenvalue weighted by Crippen LogP contribution is -2.26. The Morgan fingerprint density at radius 3 is 2.55 bits per heavy atom. The SMILES string of the molecule is O=C(NCCSc1ccccc1)c1ccc(Br)cc1Br. The van der Waals surface area contributed by atoms with E-state index in [1.54, 1.807) is 17.8 Å². The van der Waals surface area contributed by atoms with Crippen LogP contribution in [0.2, 0.25) is 0 Å². The molecule has 0 aliphatic heterocycles. The molecule has 2 rings (SSSR count). The Kier molecular flexibility index (Phi) is 6.13. The van der Waals surface area contributed by atoms with Crippen molar-refractivity contribution >= 4 is 49.5 Å². The minimum Gasteiger partial charge on any atom is -0.351 e. The van der Waals surface area contributed by atoms with Gasteiger partial charge in [0, 0.05) is 26.1 Å². The molecule has 1 amide bonds. The van der Waals surface area contributed by atoms with E-state index in [0.717, 1.165) is 14.7 Å². The molecule has 0 atom stereocenters. The number of nitrogens with one attached hydrogen (secondary N) is 1.